The Kier molecular flexibility index (Phi) is 7.49. The van der Waals surface area contributed by atoms with Gasteiger partial charge in [0.1, 0.15) is 6.04 Å². The minimum absolute atomic E-state index is 0.151. The second-order valence-corrected chi connectivity index (χ2v) is 8.41. The number of aromatic nitrogens is 2. The zero-order valence-electron chi connectivity index (χ0n) is 17.1. The summed E-state index contributed by atoms with van der Waals surface area (Å²) in [5, 5.41) is 7.79. The van der Waals surface area contributed by atoms with Gasteiger partial charge in [-0.2, -0.15) is 5.10 Å². The van der Waals surface area contributed by atoms with Crippen molar-refractivity contribution in [2.24, 2.45) is 12.5 Å². The van der Waals surface area contributed by atoms with Gasteiger partial charge < -0.3 is 10.1 Å². The van der Waals surface area contributed by atoms with Gasteiger partial charge in [-0.05, 0) is 30.5 Å². The molecule has 29 heavy (non-hydrogen) atoms. The SMILES string of the molecule is CCOC(=O)C(/C=C/C(C)(C)C)NC(=O)c1cc(-c2ccc(Cl)c(Cl)c2)n(C)n1. The normalized spacial score (nSPS) is 12.8. The average Bonchev–Trinajstić information content (AvgIpc) is 3.02. The van der Waals surface area contributed by atoms with Crippen LogP contribution >= 0.6 is 23.2 Å². The predicted molar refractivity (Wildman–Crippen MR) is 115 cm³/mol. The Hall–Kier alpha value is -2.31. The lowest BCUT2D eigenvalue weighted by Crippen LogP contribution is -2.41. The lowest BCUT2D eigenvalue weighted by molar-refractivity contribution is -0.144. The Balaban J connectivity index is 2.26. The van der Waals surface area contributed by atoms with Gasteiger partial charge in [-0.1, -0.05) is 62.2 Å². The lowest BCUT2D eigenvalue weighted by atomic mass is 9.95. The van der Waals surface area contributed by atoms with Crippen LogP contribution in [0, 0.1) is 5.41 Å². The molecule has 0 aliphatic carbocycles. The molecular weight excluding hydrogens is 413 g/mol. The Labute approximate surface area is 180 Å². The van der Waals surface area contributed by atoms with Crippen molar-refractivity contribution in [1.82, 2.24) is 15.1 Å². The number of halogens is 2. The maximum Gasteiger partial charge on any atom is 0.332 e. The molecular formula is C21H25Cl2N3O3. The molecule has 156 valence electrons. The minimum atomic E-state index is -0.905. The molecule has 2 rings (SSSR count). The molecule has 1 aromatic heterocycles. The highest BCUT2D eigenvalue weighted by molar-refractivity contribution is 6.42. The van der Waals surface area contributed by atoms with Crippen molar-refractivity contribution in [2.45, 2.75) is 33.7 Å². The second-order valence-electron chi connectivity index (χ2n) is 7.60. The summed E-state index contributed by atoms with van der Waals surface area (Å²) in [5.41, 5.74) is 1.48. The van der Waals surface area contributed by atoms with Crippen LogP contribution in [0.1, 0.15) is 38.2 Å². The van der Waals surface area contributed by atoms with E-state index in [0.29, 0.717) is 15.7 Å². The van der Waals surface area contributed by atoms with Gasteiger partial charge in [-0.15, -0.1) is 0 Å². The van der Waals surface area contributed by atoms with Crippen molar-refractivity contribution in [3.05, 3.63) is 52.2 Å². The van der Waals surface area contributed by atoms with Crippen LogP contribution in [0.2, 0.25) is 10.0 Å². The number of hydrogen-bond acceptors (Lipinski definition) is 4. The van der Waals surface area contributed by atoms with Crippen molar-refractivity contribution in [2.75, 3.05) is 6.61 Å². The highest BCUT2D eigenvalue weighted by Crippen LogP contribution is 2.28. The van der Waals surface area contributed by atoms with E-state index in [-0.39, 0.29) is 17.7 Å². The molecule has 2 aromatic rings. The van der Waals surface area contributed by atoms with E-state index in [9.17, 15) is 9.59 Å². The minimum Gasteiger partial charge on any atom is -0.464 e. The molecule has 1 N–H and O–H groups in total. The van der Waals surface area contributed by atoms with Gasteiger partial charge in [0.05, 0.1) is 22.3 Å². The summed E-state index contributed by atoms with van der Waals surface area (Å²) in [6, 6.07) is 5.90. The summed E-state index contributed by atoms with van der Waals surface area (Å²) >= 11 is 12.1. The first kappa shape index (κ1) is 23.0. The molecule has 6 nitrogen and oxygen atoms in total. The monoisotopic (exact) mass is 437 g/mol. The van der Waals surface area contributed by atoms with Crippen LogP contribution in [0.3, 0.4) is 0 Å². The topological polar surface area (TPSA) is 73.2 Å². The number of esters is 1. The van der Waals surface area contributed by atoms with Crippen molar-refractivity contribution in [1.29, 1.82) is 0 Å². The number of amides is 1. The molecule has 1 atom stereocenters. The summed E-state index contributed by atoms with van der Waals surface area (Å²) in [6.45, 7) is 7.92. The third-order valence-electron chi connectivity index (χ3n) is 3.94. The van der Waals surface area contributed by atoms with Crippen molar-refractivity contribution < 1.29 is 14.3 Å². The smallest absolute Gasteiger partial charge is 0.332 e. The van der Waals surface area contributed by atoms with E-state index >= 15 is 0 Å². The van der Waals surface area contributed by atoms with Crippen LogP contribution in [0.25, 0.3) is 11.3 Å². The van der Waals surface area contributed by atoms with Crippen LogP contribution in [-0.2, 0) is 16.6 Å². The number of hydrogen-bond donors (Lipinski definition) is 1. The van der Waals surface area contributed by atoms with E-state index in [4.69, 9.17) is 27.9 Å². The molecule has 0 spiro atoms. The molecule has 0 saturated carbocycles. The fourth-order valence-corrected chi connectivity index (χ4v) is 2.82. The molecule has 1 amide bonds. The van der Waals surface area contributed by atoms with Crippen LogP contribution in [0.15, 0.2) is 36.4 Å². The Bertz CT molecular complexity index is 930. The van der Waals surface area contributed by atoms with E-state index < -0.39 is 17.9 Å². The van der Waals surface area contributed by atoms with E-state index in [1.807, 2.05) is 26.8 Å². The number of benzene rings is 1. The molecule has 1 aromatic carbocycles. The maximum absolute atomic E-state index is 12.7. The van der Waals surface area contributed by atoms with Crippen LogP contribution in [0.5, 0.6) is 0 Å². The Morgan fingerprint density at radius 1 is 1.24 bits per heavy atom. The Morgan fingerprint density at radius 3 is 2.52 bits per heavy atom. The van der Waals surface area contributed by atoms with Crippen molar-refractivity contribution in [3.63, 3.8) is 0 Å². The zero-order valence-corrected chi connectivity index (χ0v) is 18.6. The quantitative estimate of drug-likeness (QED) is 0.526. The largest absolute Gasteiger partial charge is 0.464 e. The van der Waals surface area contributed by atoms with Gasteiger partial charge >= 0.3 is 5.97 Å². The maximum atomic E-state index is 12.7. The summed E-state index contributed by atoms with van der Waals surface area (Å²) < 4.78 is 6.64. The zero-order chi connectivity index (χ0) is 21.8. The van der Waals surface area contributed by atoms with Crippen LogP contribution < -0.4 is 5.32 Å². The standard InChI is InChI=1S/C21H25Cl2N3O3/c1-6-29-20(28)16(9-10-21(2,3)4)24-19(27)17-12-18(26(5)25-17)13-7-8-14(22)15(23)11-13/h7-12,16H,6H2,1-5H3,(H,24,27)/b10-9+. The first-order valence-electron chi connectivity index (χ1n) is 9.18. The molecule has 0 bridgehead atoms. The predicted octanol–water partition coefficient (Wildman–Crippen LogP) is 4.66. The highest BCUT2D eigenvalue weighted by Gasteiger charge is 2.23. The third-order valence-corrected chi connectivity index (χ3v) is 4.68. The van der Waals surface area contributed by atoms with Gasteiger partial charge in [0.25, 0.3) is 5.91 Å². The van der Waals surface area contributed by atoms with Crippen LogP contribution in [0.4, 0.5) is 0 Å². The fourth-order valence-electron chi connectivity index (χ4n) is 2.52. The summed E-state index contributed by atoms with van der Waals surface area (Å²) in [5.74, 6) is -1.01. The van der Waals surface area contributed by atoms with E-state index in [1.54, 1.807) is 49.0 Å². The summed E-state index contributed by atoms with van der Waals surface area (Å²) in [4.78, 5) is 25.0. The van der Waals surface area contributed by atoms with Gasteiger partial charge in [0, 0.05) is 12.6 Å². The molecule has 0 aliphatic heterocycles. The van der Waals surface area contributed by atoms with Crippen molar-refractivity contribution >= 4 is 35.1 Å². The molecule has 1 heterocycles. The van der Waals surface area contributed by atoms with E-state index in [2.05, 4.69) is 10.4 Å². The van der Waals surface area contributed by atoms with Gasteiger partial charge in [0.15, 0.2) is 5.69 Å². The first-order chi connectivity index (χ1) is 13.5. The van der Waals surface area contributed by atoms with Crippen molar-refractivity contribution in [3.8, 4) is 11.3 Å². The number of aryl methyl sites for hydroxylation is 1. The number of rotatable bonds is 6. The number of nitrogens with one attached hydrogen (secondary N) is 1. The van der Waals surface area contributed by atoms with E-state index in [1.165, 1.54) is 0 Å². The second kappa shape index (κ2) is 9.46. The van der Waals surface area contributed by atoms with Gasteiger partial charge in [0.2, 0.25) is 0 Å². The van der Waals surface area contributed by atoms with Crippen LogP contribution in [-0.4, -0.2) is 34.3 Å². The fraction of sp³-hybridized carbons (Fsp3) is 0.381. The molecule has 1 unspecified atom stereocenters. The molecule has 0 radical (unpaired) electrons. The number of ether oxygens (including phenoxy) is 1. The lowest BCUT2D eigenvalue weighted by Gasteiger charge is -2.16. The third kappa shape index (κ3) is 6.34. The Morgan fingerprint density at radius 2 is 1.93 bits per heavy atom. The average molecular weight is 438 g/mol. The first-order valence-corrected chi connectivity index (χ1v) is 9.93. The highest BCUT2D eigenvalue weighted by atomic mass is 35.5. The van der Waals surface area contributed by atoms with Gasteiger partial charge in [-0.25, -0.2) is 4.79 Å². The molecule has 0 aliphatic rings. The molecule has 0 saturated heterocycles. The summed E-state index contributed by atoms with van der Waals surface area (Å²) in [7, 11) is 1.72. The number of carbonyl (C=O) groups is 2. The van der Waals surface area contributed by atoms with Gasteiger partial charge in [-0.3, -0.25) is 9.48 Å². The summed E-state index contributed by atoms with van der Waals surface area (Å²) in [6.07, 6.45) is 3.49. The number of carbonyl (C=O) groups excluding carboxylic acids is 2. The molecule has 0 fully saturated rings. The number of nitrogens with zero attached hydrogens (tertiary/aromatic N) is 2. The molecule has 8 heteroatoms. The number of allylic oxidation sites excluding steroid dienone is 1. The van der Waals surface area contributed by atoms with E-state index in [0.717, 1.165) is 5.56 Å².